The molecule has 3 aromatic rings. The van der Waals surface area contributed by atoms with E-state index in [-0.39, 0.29) is 0 Å². The number of pyridine rings is 1. The molecule has 1 aliphatic heterocycles. The van der Waals surface area contributed by atoms with Crippen molar-refractivity contribution in [1.82, 2.24) is 14.5 Å². The molecule has 0 saturated carbocycles. The lowest BCUT2D eigenvalue weighted by Gasteiger charge is -2.14. The molecule has 1 aliphatic rings. The molecule has 0 unspecified atom stereocenters. The van der Waals surface area contributed by atoms with Gasteiger partial charge in [0.25, 0.3) is 0 Å². The lowest BCUT2D eigenvalue weighted by Crippen LogP contribution is -2.21. The average molecular weight is 377 g/mol. The third-order valence-electron chi connectivity index (χ3n) is 5.76. The number of ether oxygens (including phenoxy) is 1. The van der Waals surface area contributed by atoms with Crippen molar-refractivity contribution < 1.29 is 9.53 Å². The Morgan fingerprint density at radius 3 is 2.75 bits per heavy atom. The van der Waals surface area contributed by atoms with E-state index in [1.54, 1.807) is 12.3 Å². The Hall–Kier alpha value is -2.66. The number of benzene rings is 1. The molecule has 4 rings (SSSR count). The van der Waals surface area contributed by atoms with E-state index in [0.29, 0.717) is 5.69 Å². The molecular weight excluding hydrogens is 350 g/mol. The Balaban J connectivity index is 1.64. The number of hydrogen-bond acceptors (Lipinski definition) is 4. The monoisotopic (exact) mass is 377 g/mol. The quantitative estimate of drug-likeness (QED) is 0.654. The second kappa shape index (κ2) is 7.76. The second-order valence-electron chi connectivity index (χ2n) is 7.69. The van der Waals surface area contributed by atoms with Crippen molar-refractivity contribution in [2.75, 3.05) is 27.2 Å². The largest absolute Gasteiger partial charge is 0.464 e. The van der Waals surface area contributed by atoms with Gasteiger partial charge in [-0.2, -0.15) is 0 Å². The smallest absolute Gasteiger partial charge is 0.356 e. The topological polar surface area (TPSA) is 47.4 Å². The Labute approximate surface area is 165 Å². The predicted molar refractivity (Wildman–Crippen MR) is 111 cm³/mol. The molecule has 0 spiro atoms. The first kappa shape index (κ1) is 18.7. The number of likely N-dealkylation sites (N-methyl/N-ethyl adjacent to an activating group) is 1. The van der Waals surface area contributed by atoms with Gasteiger partial charge in [-0.25, -0.2) is 9.78 Å². The molecule has 146 valence electrons. The third kappa shape index (κ3) is 3.54. The molecule has 0 saturated heterocycles. The summed E-state index contributed by atoms with van der Waals surface area (Å²) in [6.45, 7) is 5.29. The maximum Gasteiger partial charge on any atom is 0.356 e. The highest BCUT2D eigenvalue weighted by Crippen LogP contribution is 2.30. The Morgan fingerprint density at radius 1 is 1.18 bits per heavy atom. The van der Waals surface area contributed by atoms with Crippen molar-refractivity contribution in [3.8, 4) is 0 Å². The van der Waals surface area contributed by atoms with Crippen LogP contribution in [0.25, 0.3) is 10.9 Å². The summed E-state index contributed by atoms with van der Waals surface area (Å²) in [5.41, 5.74) is 7.12. The number of hydrogen-bond donors (Lipinski definition) is 0. The minimum atomic E-state index is -0.396. The van der Waals surface area contributed by atoms with Gasteiger partial charge in [0.05, 0.1) is 7.11 Å². The van der Waals surface area contributed by atoms with Crippen molar-refractivity contribution >= 4 is 16.9 Å². The number of rotatable bonds is 4. The van der Waals surface area contributed by atoms with Gasteiger partial charge in [-0.15, -0.1) is 0 Å². The summed E-state index contributed by atoms with van der Waals surface area (Å²) in [5.74, 6) is -0.396. The average Bonchev–Trinajstić information content (AvgIpc) is 2.86. The molecule has 5 heteroatoms. The summed E-state index contributed by atoms with van der Waals surface area (Å²) >= 11 is 0. The Kier molecular flexibility index (Phi) is 5.18. The van der Waals surface area contributed by atoms with E-state index in [0.717, 1.165) is 44.5 Å². The van der Waals surface area contributed by atoms with Gasteiger partial charge in [0.1, 0.15) is 5.69 Å². The highest BCUT2D eigenvalue weighted by molar-refractivity contribution is 5.87. The van der Waals surface area contributed by atoms with Crippen molar-refractivity contribution in [3.63, 3.8) is 0 Å². The summed E-state index contributed by atoms with van der Waals surface area (Å²) in [6.07, 6.45) is 4.86. The van der Waals surface area contributed by atoms with Crippen LogP contribution in [0.4, 0.5) is 0 Å². The maximum absolute atomic E-state index is 11.6. The van der Waals surface area contributed by atoms with Gasteiger partial charge in [0.15, 0.2) is 0 Å². The molecule has 1 aromatic carbocycles. The predicted octanol–water partition coefficient (Wildman–Crippen LogP) is 3.40. The number of esters is 1. The van der Waals surface area contributed by atoms with Gasteiger partial charge in [-0.3, -0.25) is 0 Å². The maximum atomic E-state index is 11.6. The molecule has 0 radical (unpaired) electrons. The molecule has 0 bridgehead atoms. The van der Waals surface area contributed by atoms with Crippen LogP contribution in [0.5, 0.6) is 0 Å². The summed E-state index contributed by atoms with van der Waals surface area (Å²) in [4.78, 5) is 18.2. The van der Waals surface area contributed by atoms with E-state index >= 15 is 0 Å². The lowest BCUT2D eigenvalue weighted by molar-refractivity contribution is 0.0594. The minimum absolute atomic E-state index is 0.352. The number of methoxy groups -OCH3 is 1. The van der Waals surface area contributed by atoms with Crippen LogP contribution in [0.15, 0.2) is 36.5 Å². The van der Waals surface area contributed by atoms with Gasteiger partial charge < -0.3 is 14.2 Å². The highest BCUT2D eigenvalue weighted by Gasteiger charge is 2.20. The van der Waals surface area contributed by atoms with Crippen LogP contribution >= 0.6 is 0 Å². The first-order valence-electron chi connectivity index (χ1n) is 9.89. The van der Waals surface area contributed by atoms with E-state index in [4.69, 9.17) is 4.74 Å². The van der Waals surface area contributed by atoms with Crippen LogP contribution < -0.4 is 0 Å². The first-order valence-corrected chi connectivity index (χ1v) is 9.89. The zero-order valence-corrected chi connectivity index (χ0v) is 16.9. The number of aryl methyl sites for hydroxylation is 3. The summed E-state index contributed by atoms with van der Waals surface area (Å²) in [6, 6.07) is 10.5. The van der Waals surface area contributed by atoms with Crippen LogP contribution in [0.1, 0.15) is 32.9 Å². The molecule has 0 N–H and O–H groups in total. The third-order valence-corrected chi connectivity index (χ3v) is 5.76. The number of carbonyl (C=O) groups is 1. The summed E-state index contributed by atoms with van der Waals surface area (Å²) in [7, 11) is 3.58. The fourth-order valence-electron chi connectivity index (χ4n) is 4.16. The Morgan fingerprint density at radius 2 is 2.00 bits per heavy atom. The van der Waals surface area contributed by atoms with Crippen LogP contribution in [-0.2, 0) is 30.5 Å². The van der Waals surface area contributed by atoms with E-state index < -0.39 is 5.97 Å². The number of carbonyl (C=O) groups excluding carboxylic acids is 1. The molecule has 0 aliphatic carbocycles. The van der Waals surface area contributed by atoms with E-state index in [1.165, 1.54) is 34.8 Å². The van der Waals surface area contributed by atoms with Crippen LogP contribution in [-0.4, -0.2) is 47.7 Å². The van der Waals surface area contributed by atoms with Crippen LogP contribution in [0, 0.1) is 6.92 Å². The SMILES string of the molecule is COC(=O)c1ccc(CCn2c3c(c4cc(C)ccc42)CCN(C)CC3)cn1. The highest BCUT2D eigenvalue weighted by atomic mass is 16.5. The van der Waals surface area contributed by atoms with Crippen molar-refractivity contribution in [2.24, 2.45) is 0 Å². The van der Waals surface area contributed by atoms with Gasteiger partial charge >= 0.3 is 5.97 Å². The molecule has 28 heavy (non-hydrogen) atoms. The van der Waals surface area contributed by atoms with Gasteiger partial charge in [0, 0.05) is 48.8 Å². The number of fused-ring (bicyclic) bond motifs is 3. The van der Waals surface area contributed by atoms with Crippen molar-refractivity contribution in [1.29, 1.82) is 0 Å². The van der Waals surface area contributed by atoms with E-state index in [9.17, 15) is 4.79 Å². The zero-order valence-electron chi connectivity index (χ0n) is 16.9. The fourth-order valence-corrected chi connectivity index (χ4v) is 4.16. The molecular formula is C23H27N3O2. The van der Waals surface area contributed by atoms with Crippen molar-refractivity contribution in [2.45, 2.75) is 32.7 Å². The molecule has 0 atom stereocenters. The summed E-state index contributed by atoms with van der Waals surface area (Å²) < 4.78 is 7.22. The molecule has 2 aromatic heterocycles. The summed E-state index contributed by atoms with van der Waals surface area (Å²) in [5, 5.41) is 1.41. The number of aromatic nitrogens is 2. The molecule has 0 fully saturated rings. The molecule has 5 nitrogen and oxygen atoms in total. The standard InChI is InChI=1S/C23H27N3O2/c1-16-4-7-21-19(14-16)18-9-11-25(2)12-10-22(18)26(21)13-8-17-5-6-20(24-15-17)23(27)28-3/h4-7,14-15H,8-13H2,1-3H3. The molecule has 3 heterocycles. The van der Waals surface area contributed by atoms with E-state index in [2.05, 4.69) is 46.6 Å². The lowest BCUT2D eigenvalue weighted by atomic mass is 10.1. The van der Waals surface area contributed by atoms with Crippen LogP contribution in [0.2, 0.25) is 0 Å². The zero-order chi connectivity index (χ0) is 19.7. The first-order chi connectivity index (χ1) is 13.6. The van der Waals surface area contributed by atoms with Gasteiger partial charge in [0.2, 0.25) is 0 Å². The number of nitrogens with zero attached hydrogens (tertiary/aromatic N) is 3. The van der Waals surface area contributed by atoms with Crippen LogP contribution in [0.3, 0.4) is 0 Å². The van der Waals surface area contributed by atoms with Crippen molar-refractivity contribution in [3.05, 3.63) is 64.6 Å². The normalized spacial score (nSPS) is 14.7. The minimum Gasteiger partial charge on any atom is -0.464 e. The Bertz CT molecular complexity index is 1000. The molecule has 0 amide bonds. The van der Waals surface area contributed by atoms with E-state index in [1.807, 2.05) is 6.07 Å². The van der Waals surface area contributed by atoms with Gasteiger partial charge in [-0.1, -0.05) is 17.7 Å². The second-order valence-corrected chi connectivity index (χ2v) is 7.69. The van der Waals surface area contributed by atoms with Gasteiger partial charge in [-0.05, 0) is 56.1 Å². The fraction of sp³-hybridized carbons (Fsp3) is 0.391.